The summed E-state index contributed by atoms with van der Waals surface area (Å²) >= 11 is 0. The molecule has 0 bridgehead atoms. The molecule has 17 heavy (non-hydrogen) atoms. The molecule has 0 fully saturated rings. The predicted molar refractivity (Wildman–Crippen MR) is 62.5 cm³/mol. The van der Waals surface area contributed by atoms with Crippen molar-refractivity contribution >= 4 is 17.5 Å². The van der Waals surface area contributed by atoms with Crippen molar-refractivity contribution in [3.05, 3.63) is 11.3 Å². The number of carbonyl (C=O) groups is 2. The van der Waals surface area contributed by atoms with E-state index < -0.39 is 0 Å². The lowest BCUT2D eigenvalue weighted by Crippen LogP contribution is -2.24. The van der Waals surface area contributed by atoms with Crippen molar-refractivity contribution in [3.63, 3.8) is 0 Å². The first kappa shape index (κ1) is 11.8. The van der Waals surface area contributed by atoms with Gasteiger partial charge in [-0.05, 0) is 6.92 Å². The molecule has 1 aromatic rings. The highest BCUT2D eigenvalue weighted by Gasteiger charge is 2.17. The van der Waals surface area contributed by atoms with Crippen LogP contribution < -0.4 is 10.6 Å². The minimum absolute atomic E-state index is 0.0193. The maximum atomic E-state index is 11.6. The van der Waals surface area contributed by atoms with Crippen LogP contribution in [-0.4, -0.2) is 28.4 Å². The first-order chi connectivity index (χ1) is 8.16. The zero-order valence-corrected chi connectivity index (χ0v) is 9.80. The highest BCUT2D eigenvalue weighted by Crippen LogP contribution is 2.19. The van der Waals surface area contributed by atoms with Gasteiger partial charge in [0, 0.05) is 43.6 Å². The van der Waals surface area contributed by atoms with Crippen LogP contribution in [0.15, 0.2) is 0 Å². The molecular weight excluding hydrogens is 220 g/mol. The second kappa shape index (κ2) is 5.09. The van der Waals surface area contributed by atoms with Crippen molar-refractivity contribution in [2.24, 2.45) is 0 Å². The molecule has 1 aliphatic rings. The largest absolute Gasteiger partial charge is 0.312 e. The van der Waals surface area contributed by atoms with Crippen LogP contribution in [0.1, 0.15) is 31.0 Å². The lowest BCUT2D eigenvalue weighted by molar-refractivity contribution is -0.121. The summed E-state index contributed by atoms with van der Waals surface area (Å²) in [5.74, 6) is 0.437. The number of Topliss-reactive ketones (excluding diaryl/α,β-unsaturated/α-hetero) is 1. The summed E-state index contributed by atoms with van der Waals surface area (Å²) in [7, 11) is 0. The lowest BCUT2D eigenvalue weighted by Gasteiger charge is -2.13. The van der Waals surface area contributed by atoms with Gasteiger partial charge in [-0.2, -0.15) is 5.10 Å². The van der Waals surface area contributed by atoms with Gasteiger partial charge in [0.2, 0.25) is 5.91 Å². The Kier molecular flexibility index (Phi) is 3.53. The second-order valence-corrected chi connectivity index (χ2v) is 4.21. The number of nitrogens with one attached hydrogen (secondary N) is 3. The van der Waals surface area contributed by atoms with Crippen LogP contribution in [-0.2, 0) is 22.6 Å². The summed E-state index contributed by atoms with van der Waals surface area (Å²) in [4.78, 5) is 22.3. The van der Waals surface area contributed by atoms with Gasteiger partial charge >= 0.3 is 0 Å². The van der Waals surface area contributed by atoms with Crippen LogP contribution in [0.5, 0.6) is 0 Å². The van der Waals surface area contributed by atoms with E-state index in [9.17, 15) is 9.59 Å². The lowest BCUT2D eigenvalue weighted by atomic mass is 10.1. The normalized spacial score (nSPS) is 14.2. The molecule has 6 nitrogen and oxygen atoms in total. The van der Waals surface area contributed by atoms with Crippen molar-refractivity contribution in [3.8, 4) is 0 Å². The van der Waals surface area contributed by atoms with E-state index >= 15 is 0 Å². The van der Waals surface area contributed by atoms with Crippen molar-refractivity contribution < 1.29 is 9.59 Å². The van der Waals surface area contributed by atoms with Gasteiger partial charge in [-0.15, -0.1) is 0 Å². The van der Waals surface area contributed by atoms with E-state index in [0.717, 1.165) is 24.2 Å². The Hall–Kier alpha value is -1.69. The molecule has 2 heterocycles. The molecule has 1 aliphatic heterocycles. The monoisotopic (exact) mass is 236 g/mol. The Morgan fingerprint density at radius 2 is 2.24 bits per heavy atom. The number of aromatic amines is 1. The first-order valence-electron chi connectivity index (χ1n) is 5.73. The summed E-state index contributed by atoms with van der Waals surface area (Å²) in [5.41, 5.74) is 2.10. The number of ketones is 1. The number of nitrogens with zero attached hydrogens (tertiary/aromatic N) is 1. The van der Waals surface area contributed by atoms with Crippen molar-refractivity contribution in [1.82, 2.24) is 15.5 Å². The molecule has 0 spiro atoms. The minimum atomic E-state index is -0.167. The standard InChI is InChI=1S/C11H16N4O2/c1-7(16)2-3-10(17)13-11-8-6-12-5-4-9(8)14-15-11/h12H,2-6H2,1H3,(H2,13,14,15,17). The molecular formula is C11H16N4O2. The van der Waals surface area contributed by atoms with Gasteiger partial charge in [-0.25, -0.2) is 0 Å². The molecule has 0 aliphatic carbocycles. The molecule has 0 saturated carbocycles. The van der Waals surface area contributed by atoms with Crippen LogP contribution >= 0.6 is 0 Å². The number of hydrogen-bond donors (Lipinski definition) is 3. The van der Waals surface area contributed by atoms with E-state index in [4.69, 9.17) is 0 Å². The molecule has 0 radical (unpaired) electrons. The van der Waals surface area contributed by atoms with Gasteiger partial charge in [-0.3, -0.25) is 9.89 Å². The molecule has 1 aromatic heterocycles. The Balaban J connectivity index is 1.96. The van der Waals surface area contributed by atoms with Crippen LogP contribution in [0.3, 0.4) is 0 Å². The maximum absolute atomic E-state index is 11.6. The van der Waals surface area contributed by atoms with Crippen molar-refractivity contribution in [1.29, 1.82) is 0 Å². The molecule has 92 valence electrons. The average Bonchev–Trinajstić information content (AvgIpc) is 2.70. The molecule has 0 atom stereocenters. The third kappa shape index (κ3) is 2.91. The maximum Gasteiger partial charge on any atom is 0.226 e. The summed E-state index contributed by atoms with van der Waals surface area (Å²) in [6.07, 6.45) is 1.38. The van der Waals surface area contributed by atoms with Gasteiger partial charge in [0.05, 0.1) is 0 Å². The van der Waals surface area contributed by atoms with Crippen LogP contribution in [0.2, 0.25) is 0 Å². The first-order valence-corrected chi connectivity index (χ1v) is 5.73. The molecule has 0 unspecified atom stereocenters. The van der Waals surface area contributed by atoms with Crippen LogP contribution in [0.4, 0.5) is 5.82 Å². The van der Waals surface area contributed by atoms with E-state index in [-0.39, 0.29) is 24.5 Å². The summed E-state index contributed by atoms with van der Waals surface area (Å²) in [5, 5.41) is 13.0. The SMILES string of the molecule is CC(=O)CCC(=O)Nc1n[nH]c2c1CNCC2. The molecule has 1 amide bonds. The fourth-order valence-electron chi connectivity index (χ4n) is 1.81. The quantitative estimate of drug-likeness (QED) is 0.704. The number of hydrogen-bond acceptors (Lipinski definition) is 4. The number of H-pyrrole nitrogens is 1. The third-order valence-corrected chi connectivity index (χ3v) is 2.77. The van der Waals surface area contributed by atoms with E-state index in [1.807, 2.05) is 0 Å². The van der Waals surface area contributed by atoms with Gasteiger partial charge in [0.15, 0.2) is 5.82 Å². The third-order valence-electron chi connectivity index (χ3n) is 2.77. The predicted octanol–water partition coefficient (Wildman–Crippen LogP) is 0.363. The molecule has 0 saturated heterocycles. The van der Waals surface area contributed by atoms with E-state index in [1.54, 1.807) is 0 Å². The van der Waals surface area contributed by atoms with Gasteiger partial charge in [0.1, 0.15) is 5.78 Å². The fraction of sp³-hybridized carbons (Fsp3) is 0.545. The fourth-order valence-corrected chi connectivity index (χ4v) is 1.81. The molecule has 0 aromatic carbocycles. The van der Waals surface area contributed by atoms with Crippen LogP contribution in [0.25, 0.3) is 0 Å². The highest BCUT2D eigenvalue weighted by atomic mass is 16.2. The summed E-state index contributed by atoms with van der Waals surface area (Å²) < 4.78 is 0. The minimum Gasteiger partial charge on any atom is -0.312 e. The molecule has 3 N–H and O–H groups in total. The van der Waals surface area contributed by atoms with Crippen molar-refractivity contribution in [2.75, 3.05) is 11.9 Å². The second-order valence-electron chi connectivity index (χ2n) is 4.21. The van der Waals surface area contributed by atoms with Crippen molar-refractivity contribution in [2.45, 2.75) is 32.7 Å². The Bertz CT molecular complexity index is 439. The Morgan fingerprint density at radius 1 is 1.41 bits per heavy atom. The molecule has 6 heteroatoms. The zero-order valence-electron chi connectivity index (χ0n) is 9.80. The van der Waals surface area contributed by atoms with E-state index in [0.29, 0.717) is 12.4 Å². The van der Waals surface area contributed by atoms with Gasteiger partial charge in [-0.1, -0.05) is 0 Å². The highest BCUT2D eigenvalue weighted by molar-refractivity contribution is 5.93. The summed E-state index contributed by atoms with van der Waals surface area (Å²) in [6.45, 7) is 3.12. The zero-order chi connectivity index (χ0) is 12.3. The number of carbonyl (C=O) groups excluding carboxylic acids is 2. The Labute approximate surface area is 99.2 Å². The van der Waals surface area contributed by atoms with Gasteiger partial charge < -0.3 is 15.4 Å². The van der Waals surface area contributed by atoms with E-state index in [1.165, 1.54) is 6.92 Å². The van der Waals surface area contributed by atoms with Crippen LogP contribution in [0, 0.1) is 0 Å². The smallest absolute Gasteiger partial charge is 0.226 e. The number of fused-ring (bicyclic) bond motifs is 1. The number of rotatable bonds is 4. The number of anilines is 1. The number of amides is 1. The molecule has 2 rings (SSSR count). The Morgan fingerprint density at radius 3 is 3.00 bits per heavy atom. The summed E-state index contributed by atoms with van der Waals surface area (Å²) in [6, 6.07) is 0. The van der Waals surface area contributed by atoms with E-state index in [2.05, 4.69) is 20.8 Å². The average molecular weight is 236 g/mol. The number of aromatic nitrogens is 2. The topological polar surface area (TPSA) is 86.9 Å². The van der Waals surface area contributed by atoms with Gasteiger partial charge in [0.25, 0.3) is 0 Å².